The maximum absolute atomic E-state index is 13.8. The van der Waals surface area contributed by atoms with Crippen LogP contribution in [0.5, 0.6) is 0 Å². The van der Waals surface area contributed by atoms with Gasteiger partial charge in [-0.15, -0.1) is 11.3 Å². The van der Waals surface area contributed by atoms with Crippen molar-refractivity contribution in [3.05, 3.63) is 59.4 Å². The minimum atomic E-state index is -0.0674. The Labute approximate surface area is 139 Å². The number of piperidine rings is 1. The molecule has 0 atom stereocenters. The Morgan fingerprint density at radius 1 is 1.09 bits per heavy atom. The fourth-order valence-corrected chi connectivity index (χ4v) is 4.18. The van der Waals surface area contributed by atoms with Crippen molar-refractivity contribution in [2.75, 3.05) is 18.0 Å². The van der Waals surface area contributed by atoms with Gasteiger partial charge in [0.15, 0.2) is 0 Å². The predicted molar refractivity (Wildman–Crippen MR) is 94.7 cm³/mol. The van der Waals surface area contributed by atoms with Gasteiger partial charge in [-0.05, 0) is 48.9 Å². The summed E-state index contributed by atoms with van der Waals surface area (Å²) < 4.78 is 15.1. The molecule has 2 nitrogen and oxygen atoms in total. The van der Waals surface area contributed by atoms with E-state index in [-0.39, 0.29) is 5.82 Å². The molecule has 0 N–H and O–H groups in total. The van der Waals surface area contributed by atoms with Gasteiger partial charge in [-0.25, -0.2) is 9.37 Å². The molecule has 118 valence electrons. The zero-order valence-electron chi connectivity index (χ0n) is 12.9. The molecule has 0 unspecified atom stereocenters. The Balaban J connectivity index is 1.45. The Bertz CT molecular complexity index is 806. The van der Waals surface area contributed by atoms with Gasteiger partial charge in [0, 0.05) is 13.1 Å². The van der Waals surface area contributed by atoms with Gasteiger partial charge in [0.1, 0.15) is 11.3 Å². The minimum absolute atomic E-state index is 0.0674. The molecule has 3 aromatic rings. The summed E-state index contributed by atoms with van der Waals surface area (Å²) in [6, 6.07) is 13.6. The number of thiazole rings is 1. The van der Waals surface area contributed by atoms with E-state index in [0.29, 0.717) is 5.92 Å². The molecule has 1 saturated heterocycles. The standard InChI is InChI=1S/C19H19FN2S/c20-16-5-2-1-4-15(16)12-14-8-10-22(11-9-14)17-6-3-7-18-19(17)21-13-23-18/h1-7,13-14H,8-12H2. The molecule has 0 radical (unpaired) electrons. The van der Waals surface area contributed by atoms with Crippen LogP contribution in [0, 0.1) is 11.7 Å². The summed E-state index contributed by atoms with van der Waals surface area (Å²) in [5.41, 5.74) is 5.13. The molecule has 23 heavy (non-hydrogen) atoms. The number of para-hydroxylation sites is 1. The summed E-state index contributed by atoms with van der Waals surface area (Å²) in [7, 11) is 0. The number of aromatic nitrogens is 1. The number of hydrogen-bond donors (Lipinski definition) is 0. The van der Waals surface area contributed by atoms with Crippen LogP contribution in [-0.2, 0) is 6.42 Å². The largest absolute Gasteiger partial charge is 0.370 e. The minimum Gasteiger partial charge on any atom is -0.370 e. The van der Waals surface area contributed by atoms with Crippen molar-refractivity contribution in [3.8, 4) is 0 Å². The van der Waals surface area contributed by atoms with Crippen LogP contribution in [0.15, 0.2) is 48.0 Å². The van der Waals surface area contributed by atoms with E-state index >= 15 is 0 Å². The molecule has 4 heteroatoms. The van der Waals surface area contributed by atoms with Crippen molar-refractivity contribution < 1.29 is 4.39 Å². The van der Waals surface area contributed by atoms with Crippen LogP contribution in [0.1, 0.15) is 18.4 Å². The summed E-state index contributed by atoms with van der Waals surface area (Å²) in [5, 5.41) is 0. The van der Waals surface area contributed by atoms with Crippen molar-refractivity contribution in [2.24, 2.45) is 5.92 Å². The van der Waals surface area contributed by atoms with E-state index in [4.69, 9.17) is 0 Å². The summed E-state index contributed by atoms with van der Waals surface area (Å²) in [6.07, 6.45) is 3.06. The van der Waals surface area contributed by atoms with E-state index in [1.165, 1.54) is 10.4 Å². The molecule has 0 aliphatic carbocycles. The zero-order chi connectivity index (χ0) is 15.6. The van der Waals surface area contributed by atoms with E-state index in [1.54, 1.807) is 23.5 Å². The number of halogens is 1. The number of fused-ring (bicyclic) bond motifs is 1. The van der Waals surface area contributed by atoms with Gasteiger partial charge >= 0.3 is 0 Å². The van der Waals surface area contributed by atoms with Crippen LogP contribution in [0.25, 0.3) is 10.2 Å². The summed E-state index contributed by atoms with van der Waals surface area (Å²) in [4.78, 5) is 6.95. The highest BCUT2D eigenvalue weighted by molar-refractivity contribution is 7.16. The van der Waals surface area contributed by atoms with Crippen LogP contribution in [-0.4, -0.2) is 18.1 Å². The molecule has 0 saturated carbocycles. The molecule has 2 aromatic carbocycles. The Morgan fingerprint density at radius 3 is 2.74 bits per heavy atom. The fourth-order valence-electron chi connectivity index (χ4n) is 3.48. The van der Waals surface area contributed by atoms with Crippen LogP contribution in [0.3, 0.4) is 0 Å². The lowest BCUT2D eigenvalue weighted by Gasteiger charge is -2.33. The number of anilines is 1. The highest BCUT2D eigenvalue weighted by Crippen LogP contribution is 2.32. The molecule has 4 rings (SSSR count). The van der Waals surface area contributed by atoms with Gasteiger partial charge < -0.3 is 4.90 Å². The van der Waals surface area contributed by atoms with Gasteiger partial charge in [0.05, 0.1) is 15.9 Å². The molecular formula is C19H19FN2S. The van der Waals surface area contributed by atoms with Crippen LogP contribution in [0.2, 0.25) is 0 Å². The van der Waals surface area contributed by atoms with Gasteiger partial charge in [0.2, 0.25) is 0 Å². The van der Waals surface area contributed by atoms with E-state index in [9.17, 15) is 4.39 Å². The van der Waals surface area contributed by atoms with Crippen LogP contribution in [0.4, 0.5) is 10.1 Å². The third kappa shape index (κ3) is 2.95. The average Bonchev–Trinajstić information content (AvgIpc) is 3.06. The fraction of sp³-hybridized carbons (Fsp3) is 0.316. The molecule has 0 amide bonds. The lowest BCUT2D eigenvalue weighted by atomic mass is 9.89. The Hall–Kier alpha value is -1.94. The van der Waals surface area contributed by atoms with Gasteiger partial charge in [-0.1, -0.05) is 24.3 Å². The van der Waals surface area contributed by atoms with E-state index in [2.05, 4.69) is 28.1 Å². The second-order valence-electron chi connectivity index (χ2n) is 6.20. The first kappa shape index (κ1) is 14.6. The smallest absolute Gasteiger partial charge is 0.126 e. The maximum Gasteiger partial charge on any atom is 0.126 e. The molecular weight excluding hydrogens is 307 g/mol. The van der Waals surface area contributed by atoms with E-state index in [0.717, 1.165) is 43.4 Å². The molecule has 0 spiro atoms. The first-order valence-electron chi connectivity index (χ1n) is 8.12. The van der Waals surface area contributed by atoms with Crippen molar-refractivity contribution in [2.45, 2.75) is 19.3 Å². The SMILES string of the molecule is Fc1ccccc1CC1CCN(c2cccc3scnc23)CC1. The Kier molecular flexibility index (Phi) is 4.00. The lowest BCUT2D eigenvalue weighted by molar-refractivity contribution is 0.398. The lowest BCUT2D eigenvalue weighted by Crippen LogP contribution is -2.34. The molecule has 1 aliphatic rings. The normalized spacial score (nSPS) is 16.1. The van der Waals surface area contributed by atoms with Crippen molar-refractivity contribution in [1.29, 1.82) is 0 Å². The number of hydrogen-bond acceptors (Lipinski definition) is 3. The van der Waals surface area contributed by atoms with Gasteiger partial charge in [-0.3, -0.25) is 0 Å². The zero-order valence-corrected chi connectivity index (χ0v) is 13.7. The van der Waals surface area contributed by atoms with Crippen LogP contribution >= 0.6 is 11.3 Å². The number of nitrogens with zero attached hydrogens (tertiary/aromatic N) is 2. The highest BCUT2D eigenvalue weighted by Gasteiger charge is 2.22. The Morgan fingerprint density at radius 2 is 1.91 bits per heavy atom. The molecule has 2 heterocycles. The predicted octanol–water partition coefficient (Wildman–Crippen LogP) is 4.89. The van der Waals surface area contributed by atoms with E-state index in [1.807, 2.05) is 17.6 Å². The molecule has 1 fully saturated rings. The first-order chi connectivity index (χ1) is 11.3. The molecule has 0 bridgehead atoms. The summed E-state index contributed by atoms with van der Waals surface area (Å²) in [5.74, 6) is 0.500. The van der Waals surface area contributed by atoms with Crippen molar-refractivity contribution >= 4 is 27.2 Å². The maximum atomic E-state index is 13.8. The first-order valence-corrected chi connectivity index (χ1v) is 9.00. The van der Waals surface area contributed by atoms with E-state index < -0.39 is 0 Å². The average molecular weight is 326 g/mol. The van der Waals surface area contributed by atoms with Crippen molar-refractivity contribution in [1.82, 2.24) is 4.98 Å². The topological polar surface area (TPSA) is 16.1 Å². The molecule has 1 aliphatic heterocycles. The third-order valence-electron chi connectivity index (χ3n) is 4.76. The number of rotatable bonds is 3. The second-order valence-corrected chi connectivity index (χ2v) is 7.09. The summed E-state index contributed by atoms with van der Waals surface area (Å²) >= 11 is 1.69. The summed E-state index contributed by atoms with van der Waals surface area (Å²) in [6.45, 7) is 2.05. The third-order valence-corrected chi connectivity index (χ3v) is 5.56. The van der Waals surface area contributed by atoms with Gasteiger partial charge in [-0.2, -0.15) is 0 Å². The second kappa shape index (κ2) is 6.28. The van der Waals surface area contributed by atoms with Gasteiger partial charge in [0.25, 0.3) is 0 Å². The monoisotopic (exact) mass is 326 g/mol. The van der Waals surface area contributed by atoms with Crippen molar-refractivity contribution in [3.63, 3.8) is 0 Å². The highest BCUT2D eigenvalue weighted by atomic mass is 32.1. The quantitative estimate of drug-likeness (QED) is 0.681. The molecule has 1 aromatic heterocycles. The van der Waals surface area contributed by atoms with Crippen LogP contribution < -0.4 is 4.90 Å². The number of benzene rings is 2.